The number of carbonyl (C=O) groups is 1. The summed E-state index contributed by atoms with van der Waals surface area (Å²) in [7, 11) is 0. The maximum Gasteiger partial charge on any atom is 0.253 e. The van der Waals surface area contributed by atoms with Gasteiger partial charge in [-0.2, -0.15) is 0 Å². The molecule has 1 aliphatic carbocycles. The van der Waals surface area contributed by atoms with Crippen LogP contribution in [-0.2, 0) is 4.74 Å². The van der Waals surface area contributed by atoms with Gasteiger partial charge >= 0.3 is 0 Å². The zero-order valence-corrected chi connectivity index (χ0v) is 11.5. The van der Waals surface area contributed by atoms with Crippen molar-refractivity contribution in [2.45, 2.75) is 31.4 Å². The summed E-state index contributed by atoms with van der Waals surface area (Å²) in [5, 5.41) is 3.07. The lowest BCUT2D eigenvalue weighted by atomic mass is 10.1. The number of amides is 1. The fourth-order valence-corrected chi connectivity index (χ4v) is 2.65. The molecule has 0 bridgehead atoms. The van der Waals surface area contributed by atoms with Crippen LogP contribution in [0.3, 0.4) is 0 Å². The van der Waals surface area contributed by atoms with E-state index in [1.54, 1.807) is 18.3 Å². The summed E-state index contributed by atoms with van der Waals surface area (Å²) in [6.07, 6.45) is 5.18. The van der Waals surface area contributed by atoms with Gasteiger partial charge in [0.1, 0.15) is 4.60 Å². The molecule has 5 heteroatoms. The van der Waals surface area contributed by atoms with Crippen LogP contribution in [0.5, 0.6) is 0 Å². The van der Waals surface area contributed by atoms with Crippen LogP contribution in [0.1, 0.15) is 29.6 Å². The Bertz CT molecular complexity index is 445. The summed E-state index contributed by atoms with van der Waals surface area (Å²) in [4.78, 5) is 16.1. The predicted octanol–water partition coefficient (Wildman–Crippen LogP) is 2.14. The van der Waals surface area contributed by atoms with Crippen molar-refractivity contribution in [1.29, 1.82) is 0 Å². The number of halogens is 1. The molecule has 1 saturated carbocycles. The maximum atomic E-state index is 12.1. The molecular weight excluding hydrogens is 296 g/mol. The highest BCUT2D eigenvalue weighted by Crippen LogP contribution is 2.38. The zero-order valence-electron chi connectivity index (χ0n) is 9.93. The number of ether oxygens (including phenoxy) is 1. The van der Waals surface area contributed by atoms with E-state index in [2.05, 4.69) is 26.2 Å². The van der Waals surface area contributed by atoms with Crippen molar-refractivity contribution in [3.05, 3.63) is 28.5 Å². The molecule has 3 rings (SSSR count). The van der Waals surface area contributed by atoms with E-state index in [1.807, 2.05) is 0 Å². The third-order valence-electron chi connectivity index (χ3n) is 3.53. The Labute approximate surface area is 114 Å². The number of aromatic nitrogens is 1. The molecule has 2 aliphatic rings. The Morgan fingerprint density at radius 2 is 2.22 bits per heavy atom. The molecule has 1 N–H and O–H groups in total. The lowest BCUT2D eigenvalue weighted by molar-refractivity contribution is 0.0729. The number of hydrogen-bond donors (Lipinski definition) is 1. The van der Waals surface area contributed by atoms with Crippen molar-refractivity contribution >= 4 is 21.8 Å². The first kappa shape index (κ1) is 12.1. The van der Waals surface area contributed by atoms with Gasteiger partial charge in [-0.25, -0.2) is 4.98 Å². The molecule has 2 heterocycles. The molecule has 1 saturated heterocycles. The first-order valence-electron chi connectivity index (χ1n) is 6.28. The van der Waals surface area contributed by atoms with Crippen molar-refractivity contribution in [1.82, 2.24) is 10.3 Å². The van der Waals surface area contributed by atoms with Gasteiger partial charge in [0.05, 0.1) is 17.7 Å². The first-order chi connectivity index (χ1) is 8.74. The number of pyridine rings is 1. The average molecular weight is 311 g/mol. The van der Waals surface area contributed by atoms with Crippen LogP contribution in [0.4, 0.5) is 0 Å². The van der Waals surface area contributed by atoms with Gasteiger partial charge in [0.25, 0.3) is 5.91 Å². The van der Waals surface area contributed by atoms with Gasteiger partial charge in [-0.3, -0.25) is 4.79 Å². The number of nitrogens with one attached hydrogen (secondary N) is 1. The Hall–Kier alpha value is -0.940. The lowest BCUT2D eigenvalue weighted by Gasteiger charge is -2.19. The molecule has 18 heavy (non-hydrogen) atoms. The molecule has 0 aromatic carbocycles. The lowest BCUT2D eigenvalue weighted by Crippen LogP contribution is -2.41. The number of carbonyl (C=O) groups excluding carboxylic acids is 1. The summed E-state index contributed by atoms with van der Waals surface area (Å²) in [6.45, 7) is 0.755. The van der Waals surface area contributed by atoms with Crippen molar-refractivity contribution < 1.29 is 9.53 Å². The maximum absolute atomic E-state index is 12.1. The van der Waals surface area contributed by atoms with Gasteiger partial charge in [-0.05, 0) is 53.2 Å². The fourth-order valence-electron chi connectivity index (χ4n) is 2.42. The molecule has 2 fully saturated rings. The van der Waals surface area contributed by atoms with Gasteiger partial charge in [0.15, 0.2) is 0 Å². The summed E-state index contributed by atoms with van der Waals surface area (Å²) < 4.78 is 6.44. The van der Waals surface area contributed by atoms with Crippen LogP contribution >= 0.6 is 15.9 Å². The minimum Gasteiger partial charge on any atom is -0.376 e. The third-order valence-corrected chi connectivity index (χ3v) is 4.00. The van der Waals surface area contributed by atoms with Crippen LogP contribution < -0.4 is 5.32 Å². The summed E-state index contributed by atoms with van der Waals surface area (Å²) in [5.74, 6) is 0.594. The van der Waals surface area contributed by atoms with Crippen molar-refractivity contribution in [2.75, 3.05) is 6.61 Å². The summed E-state index contributed by atoms with van der Waals surface area (Å²) in [5.41, 5.74) is 0.597. The smallest absolute Gasteiger partial charge is 0.253 e. The first-order valence-corrected chi connectivity index (χ1v) is 7.07. The molecule has 1 aromatic heterocycles. The molecule has 1 aromatic rings. The van der Waals surface area contributed by atoms with E-state index < -0.39 is 0 Å². The van der Waals surface area contributed by atoms with E-state index in [-0.39, 0.29) is 18.1 Å². The third kappa shape index (κ3) is 2.57. The van der Waals surface area contributed by atoms with E-state index in [1.165, 1.54) is 12.8 Å². The van der Waals surface area contributed by atoms with Crippen molar-refractivity contribution in [2.24, 2.45) is 5.92 Å². The van der Waals surface area contributed by atoms with E-state index in [0.717, 1.165) is 17.6 Å². The van der Waals surface area contributed by atoms with E-state index in [0.29, 0.717) is 11.5 Å². The van der Waals surface area contributed by atoms with Gasteiger partial charge in [0.2, 0.25) is 0 Å². The topological polar surface area (TPSA) is 51.2 Å². The molecule has 2 atom stereocenters. The Morgan fingerprint density at radius 3 is 2.89 bits per heavy atom. The predicted molar refractivity (Wildman–Crippen MR) is 70.3 cm³/mol. The Kier molecular flexibility index (Phi) is 3.35. The average Bonchev–Trinajstić information content (AvgIpc) is 3.11. The van der Waals surface area contributed by atoms with E-state index in [9.17, 15) is 4.79 Å². The van der Waals surface area contributed by atoms with Crippen LogP contribution in [0.15, 0.2) is 22.9 Å². The number of rotatable bonds is 3. The largest absolute Gasteiger partial charge is 0.376 e. The van der Waals surface area contributed by atoms with Gasteiger partial charge < -0.3 is 10.1 Å². The van der Waals surface area contributed by atoms with Crippen molar-refractivity contribution in [3.8, 4) is 0 Å². The monoisotopic (exact) mass is 310 g/mol. The normalized spacial score (nSPS) is 27.2. The van der Waals surface area contributed by atoms with Crippen LogP contribution in [0.2, 0.25) is 0 Å². The van der Waals surface area contributed by atoms with Crippen molar-refractivity contribution in [3.63, 3.8) is 0 Å². The van der Waals surface area contributed by atoms with Gasteiger partial charge in [-0.15, -0.1) is 0 Å². The minimum absolute atomic E-state index is 0.0591. The second kappa shape index (κ2) is 4.97. The standard InChI is InChI=1S/C13H15BrN2O2/c14-11-4-3-9(7-15-11)13(17)16-10-5-6-18-12(10)8-1-2-8/h3-4,7-8,10,12H,1-2,5-6H2,(H,16,17). The molecular formula is C13H15BrN2O2. The number of hydrogen-bond acceptors (Lipinski definition) is 3. The quantitative estimate of drug-likeness (QED) is 0.870. The number of nitrogens with zero attached hydrogens (tertiary/aromatic N) is 1. The molecule has 1 amide bonds. The zero-order chi connectivity index (χ0) is 12.5. The highest BCUT2D eigenvalue weighted by Gasteiger charge is 2.41. The molecule has 96 valence electrons. The van der Waals surface area contributed by atoms with Gasteiger partial charge in [-0.1, -0.05) is 0 Å². The molecule has 2 unspecified atom stereocenters. The van der Waals surface area contributed by atoms with E-state index in [4.69, 9.17) is 4.74 Å². The van der Waals surface area contributed by atoms with Crippen LogP contribution in [-0.4, -0.2) is 29.6 Å². The highest BCUT2D eigenvalue weighted by molar-refractivity contribution is 9.10. The molecule has 0 radical (unpaired) electrons. The fraction of sp³-hybridized carbons (Fsp3) is 0.538. The van der Waals surface area contributed by atoms with Gasteiger partial charge in [0, 0.05) is 12.8 Å². The highest BCUT2D eigenvalue weighted by atomic mass is 79.9. The SMILES string of the molecule is O=C(NC1CCOC1C1CC1)c1ccc(Br)nc1. The molecule has 1 aliphatic heterocycles. The second-order valence-electron chi connectivity index (χ2n) is 4.91. The molecule has 4 nitrogen and oxygen atoms in total. The minimum atomic E-state index is -0.0591. The summed E-state index contributed by atoms with van der Waals surface area (Å²) >= 11 is 3.26. The Balaban J connectivity index is 1.64. The Morgan fingerprint density at radius 1 is 1.39 bits per heavy atom. The second-order valence-corrected chi connectivity index (χ2v) is 5.72. The van der Waals surface area contributed by atoms with Crippen LogP contribution in [0.25, 0.3) is 0 Å². The molecule has 0 spiro atoms. The van der Waals surface area contributed by atoms with E-state index >= 15 is 0 Å². The van der Waals surface area contributed by atoms with Crippen LogP contribution in [0, 0.1) is 5.92 Å². The summed E-state index contributed by atoms with van der Waals surface area (Å²) in [6, 6.07) is 3.71.